The fourth-order valence-corrected chi connectivity index (χ4v) is 1.96. The molecule has 0 fully saturated rings. The van der Waals surface area contributed by atoms with Crippen molar-refractivity contribution in [1.82, 2.24) is 5.32 Å². The first-order valence-electron chi connectivity index (χ1n) is 7.31. The Morgan fingerprint density at radius 3 is 2.74 bits per heavy atom. The minimum atomic E-state index is -0.735. The summed E-state index contributed by atoms with van der Waals surface area (Å²) in [6.45, 7) is 3.50. The van der Waals surface area contributed by atoms with Crippen LogP contribution in [0.4, 0.5) is 5.69 Å². The zero-order valence-corrected chi connectivity index (χ0v) is 13.2. The summed E-state index contributed by atoms with van der Waals surface area (Å²) in [7, 11) is 0. The van der Waals surface area contributed by atoms with Crippen molar-refractivity contribution in [3.8, 4) is 0 Å². The highest BCUT2D eigenvalue weighted by atomic mass is 16.6. The molecule has 124 valence electrons. The van der Waals surface area contributed by atoms with Gasteiger partial charge in [0, 0.05) is 18.2 Å². The van der Waals surface area contributed by atoms with Gasteiger partial charge in [-0.25, -0.2) is 4.79 Å². The summed E-state index contributed by atoms with van der Waals surface area (Å²) in [6.07, 6.45) is 4.14. The van der Waals surface area contributed by atoms with E-state index in [4.69, 9.17) is 4.74 Å². The third-order valence-electron chi connectivity index (χ3n) is 3.01. The molecular weight excluding hydrogens is 300 g/mol. The normalized spacial score (nSPS) is 11.9. The van der Waals surface area contributed by atoms with E-state index in [0.717, 1.165) is 18.9 Å². The monoisotopic (exact) mass is 320 g/mol. The Balaban J connectivity index is 2.51. The first-order chi connectivity index (χ1) is 10.9. The van der Waals surface area contributed by atoms with Crippen molar-refractivity contribution in [1.29, 1.82) is 0 Å². The topological polar surface area (TPSA) is 98.5 Å². The number of esters is 1. The van der Waals surface area contributed by atoms with E-state index in [1.165, 1.54) is 24.3 Å². The first kappa shape index (κ1) is 18.3. The maximum atomic E-state index is 11.6. The second-order valence-electron chi connectivity index (χ2n) is 5.01. The summed E-state index contributed by atoms with van der Waals surface area (Å²) in [5.74, 6) is -1.11. The van der Waals surface area contributed by atoms with E-state index in [0.29, 0.717) is 0 Å². The Kier molecular flexibility index (Phi) is 7.45. The molecule has 1 aromatic rings. The van der Waals surface area contributed by atoms with E-state index in [1.807, 2.05) is 13.8 Å². The lowest BCUT2D eigenvalue weighted by Gasteiger charge is -2.12. The van der Waals surface area contributed by atoms with Crippen LogP contribution in [0.15, 0.2) is 30.3 Å². The molecule has 0 aliphatic heterocycles. The van der Waals surface area contributed by atoms with Crippen molar-refractivity contribution < 1.29 is 19.2 Å². The third kappa shape index (κ3) is 6.73. The molecule has 0 saturated heterocycles. The highest BCUT2D eigenvalue weighted by Crippen LogP contribution is 2.18. The van der Waals surface area contributed by atoms with Gasteiger partial charge in [-0.1, -0.05) is 25.5 Å². The molecule has 0 bridgehead atoms. The van der Waals surface area contributed by atoms with Gasteiger partial charge < -0.3 is 10.1 Å². The number of nitrogens with one attached hydrogen (secondary N) is 1. The lowest BCUT2D eigenvalue weighted by atomic mass is 10.1. The number of carbonyl (C=O) groups excluding carboxylic acids is 2. The maximum absolute atomic E-state index is 11.6. The molecule has 0 aromatic heterocycles. The van der Waals surface area contributed by atoms with Gasteiger partial charge in [-0.05, 0) is 25.5 Å². The number of ether oxygens (including phenoxy) is 1. The van der Waals surface area contributed by atoms with Crippen LogP contribution in [0.3, 0.4) is 0 Å². The van der Waals surface area contributed by atoms with Crippen molar-refractivity contribution in [2.75, 3.05) is 6.61 Å². The molecule has 23 heavy (non-hydrogen) atoms. The fraction of sp³-hybridized carbons (Fsp3) is 0.375. The summed E-state index contributed by atoms with van der Waals surface area (Å²) in [5, 5.41) is 13.5. The number of hydrogen-bond acceptors (Lipinski definition) is 5. The van der Waals surface area contributed by atoms with Gasteiger partial charge in [0.2, 0.25) is 0 Å². The van der Waals surface area contributed by atoms with Gasteiger partial charge in [0.25, 0.3) is 11.6 Å². The number of hydrogen-bond donors (Lipinski definition) is 1. The van der Waals surface area contributed by atoms with Gasteiger partial charge in [0.15, 0.2) is 6.61 Å². The lowest BCUT2D eigenvalue weighted by molar-refractivity contribution is -0.385. The Labute approximate surface area is 134 Å². The van der Waals surface area contributed by atoms with E-state index in [9.17, 15) is 19.7 Å². The third-order valence-corrected chi connectivity index (χ3v) is 3.01. The predicted molar refractivity (Wildman–Crippen MR) is 85.6 cm³/mol. The molecule has 1 rings (SSSR count). The van der Waals surface area contributed by atoms with Gasteiger partial charge >= 0.3 is 5.97 Å². The smallest absolute Gasteiger partial charge is 0.331 e. The van der Waals surface area contributed by atoms with Gasteiger partial charge in [-0.15, -0.1) is 0 Å². The molecule has 0 unspecified atom stereocenters. The number of rotatable bonds is 8. The molecule has 0 spiro atoms. The van der Waals surface area contributed by atoms with Crippen molar-refractivity contribution in [3.63, 3.8) is 0 Å². The van der Waals surface area contributed by atoms with E-state index < -0.39 is 10.9 Å². The van der Waals surface area contributed by atoms with Crippen LogP contribution in [-0.4, -0.2) is 29.4 Å². The van der Waals surface area contributed by atoms with Crippen molar-refractivity contribution in [3.05, 3.63) is 46.0 Å². The number of carbonyl (C=O) groups is 2. The Morgan fingerprint density at radius 1 is 1.39 bits per heavy atom. The SMILES string of the molecule is CCC[C@H](C)NC(=O)COC(=O)/C=C/c1ccccc1[N+](=O)[O-]. The number of benzene rings is 1. The molecule has 1 aromatic carbocycles. The molecule has 0 heterocycles. The first-order valence-corrected chi connectivity index (χ1v) is 7.31. The van der Waals surface area contributed by atoms with Crippen LogP contribution in [0.5, 0.6) is 0 Å². The Hall–Kier alpha value is -2.70. The van der Waals surface area contributed by atoms with Crippen LogP contribution in [0.2, 0.25) is 0 Å². The second-order valence-corrected chi connectivity index (χ2v) is 5.01. The van der Waals surface area contributed by atoms with Gasteiger partial charge in [0.05, 0.1) is 10.5 Å². The molecule has 1 atom stereocenters. The minimum absolute atomic E-state index is 0.0220. The van der Waals surface area contributed by atoms with Crippen molar-refractivity contribution in [2.45, 2.75) is 32.7 Å². The molecule has 0 radical (unpaired) electrons. The van der Waals surface area contributed by atoms with Crippen LogP contribution < -0.4 is 5.32 Å². The van der Waals surface area contributed by atoms with Crippen LogP contribution in [-0.2, 0) is 14.3 Å². The van der Waals surface area contributed by atoms with Gasteiger partial charge in [0.1, 0.15) is 0 Å². The van der Waals surface area contributed by atoms with Crippen LogP contribution >= 0.6 is 0 Å². The number of para-hydroxylation sites is 1. The zero-order valence-electron chi connectivity index (χ0n) is 13.2. The highest BCUT2D eigenvalue weighted by molar-refractivity contribution is 5.89. The van der Waals surface area contributed by atoms with Crippen molar-refractivity contribution in [2.24, 2.45) is 0 Å². The van der Waals surface area contributed by atoms with E-state index in [1.54, 1.807) is 6.07 Å². The average molecular weight is 320 g/mol. The predicted octanol–water partition coefficient (Wildman–Crippen LogP) is 2.46. The Morgan fingerprint density at radius 2 is 2.09 bits per heavy atom. The van der Waals surface area contributed by atoms with E-state index in [2.05, 4.69) is 5.32 Å². The molecule has 0 aliphatic rings. The summed E-state index contributed by atoms with van der Waals surface area (Å²) in [4.78, 5) is 33.4. The highest BCUT2D eigenvalue weighted by Gasteiger charge is 2.11. The summed E-state index contributed by atoms with van der Waals surface area (Å²) < 4.78 is 4.80. The molecule has 0 aliphatic carbocycles. The van der Waals surface area contributed by atoms with Gasteiger partial charge in [-0.3, -0.25) is 14.9 Å². The van der Waals surface area contributed by atoms with E-state index in [-0.39, 0.29) is 29.8 Å². The maximum Gasteiger partial charge on any atom is 0.331 e. The minimum Gasteiger partial charge on any atom is -0.452 e. The van der Waals surface area contributed by atoms with Crippen LogP contribution in [0, 0.1) is 10.1 Å². The number of nitro groups is 1. The molecule has 7 heteroatoms. The summed E-state index contributed by atoms with van der Waals surface area (Å²) in [5.41, 5.74) is 0.179. The molecule has 0 saturated carbocycles. The number of amides is 1. The number of nitro benzene ring substituents is 1. The molecule has 1 N–H and O–H groups in total. The second kappa shape index (κ2) is 9.34. The van der Waals surface area contributed by atoms with Gasteiger partial charge in [-0.2, -0.15) is 0 Å². The molecule has 7 nitrogen and oxygen atoms in total. The Bertz CT molecular complexity index is 598. The van der Waals surface area contributed by atoms with E-state index >= 15 is 0 Å². The van der Waals surface area contributed by atoms with Crippen LogP contribution in [0.1, 0.15) is 32.3 Å². The van der Waals surface area contributed by atoms with Crippen molar-refractivity contribution >= 4 is 23.6 Å². The van der Waals surface area contributed by atoms with Crippen LogP contribution in [0.25, 0.3) is 6.08 Å². The molecule has 1 amide bonds. The summed E-state index contributed by atoms with van der Waals surface area (Å²) in [6, 6.07) is 6.04. The zero-order chi connectivity index (χ0) is 17.2. The quantitative estimate of drug-likeness (QED) is 0.343. The molecular formula is C16H20N2O5. The largest absolute Gasteiger partial charge is 0.452 e. The lowest BCUT2D eigenvalue weighted by Crippen LogP contribution is -2.35. The number of nitrogens with zero attached hydrogens (tertiary/aromatic N) is 1. The fourth-order valence-electron chi connectivity index (χ4n) is 1.96. The standard InChI is InChI=1S/C16H20N2O5/c1-3-6-12(2)17-15(19)11-23-16(20)10-9-13-7-4-5-8-14(13)18(21)22/h4-5,7-10,12H,3,6,11H2,1-2H3,(H,17,19)/b10-9+/t12-/m0/s1. The average Bonchev–Trinajstić information content (AvgIpc) is 2.51. The summed E-state index contributed by atoms with van der Waals surface area (Å²) >= 11 is 0.